The van der Waals surface area contributed by atoms with E-state index in [9.17, 15) is 14.0 Å². The van der Waals surface area contributed by atoms with Crippen LogP contribution in [-0.2, 0) is 16.0 Å². The largest absolute Gasteiger partial charge is 0.496 e. The van der Waals surface area contributed by atoms with Crippen LogP contribution in [0.15, 0.2) is 30.3 Å². The highest BCUT2D eigenvalue weighted by Crippen LogP contribution is 2.27. The minimum atomic E-state index is -0.637. The van der Waals surface area contributed by atoms with Crippen molar-refractivity contribution in [3.63, 3.8) is 0 Å². The molecule has 0 atom stereocenters. The van der Waals surface area contributed by atoms with Gasteiger partial charge >= 0.3 is 5.97 Å². The summed E-state index contributed by atoms with van der Waals surface area (Å²) >= 11 is 1.13. The van der Waals surface area contributed by atoms with Gasteiger partial charge in [-0.2, -0.15) is 0 Å². The summed E-state index contributed by atoms with van der Waals surface area (Å²) in [6.07, 6.45) is 0.0862. The monoisotopic (exact) mass is 308 g/mol. The molecule has 0 N–H and O–H groups in total. The Morgan fingerprint density at radius 2 is 1.95 bits per heavy atom. The number of ketones is 1. The fourth-order valence-corrected chi connectivity index (χ4v) is 2.77. The van der Waals surface area contributed by atoms with Crippen molar-refractivity contribution in [2.24, 2.45) is 0 Å². The lowest BCUT2D eigenvalue weighted by Gasteiger charge is -2.07. The summed E-state index contributed by atoms with van der Waals surface area (Å²) in [7, 11) is 2.68. The second-order valence-electron chi connectivity index (χ2n) is 4.17. The summed E-state index contributed by atoms with van der Waals surface area (Å²) in [6, 6.07) is 7.43. The van der Waals surface area contributed by atoms with Gasteiger partial charge in [0.1, 0.15) is 17.1 Å². The molecule has 0 fully saturated rings. The zero-order valence-electron chi connectivity index (χ0n) is 11.5. The van der Waals surface area contributed by atoms with Gasteiger partial charge < -0.3 is 9.47 Å². The Labute approximate surface area is 125 Å². The maximum atomic E-state index is 13.9. The highest BCUT2D eigenvalue weighted by molar-refractivity contribution is 7.14. The van der Waals surface area contributed by atoms with Gasteiger partial charge in [0, 0.05) is 4.88 Å². The van der Waals surface area contributed by atoms with Crippen molar-refractivity contribution >= 4 is 23.1 Å². The van der Waals surface area contributed by atoms with E-state index in [2.05, 4.69) is 4.74 Å². The molecule has 0 saturated heterocycles. The van der Waals surface area contributed by atoms with Gasteiger partial charge in [0.15, 0.2) is 0 Å². The minimum absolute atomic E-state index is 0.0862. The topological polar surface area (TPSA) is 52.6 Å². The lowest BCUT2D eigenvalue weighted by atomic mass is 10.1. The number of ether oxygens (including phenoxy) is 2. The Morgan fingerprint density at radius 1 is 1.19 bits per heavy atom. The quantitative estimate of drug-likeness (QED) is 0.629. The molecule has 2 aromatic rings. The van der Waals surface area contributed by atoms with Crippen molar-refractivity contribution in [2.75, 3.05) is 14.2 Å². The summed E-state index contributed by atoms with van der Waals surface area (Å²) in [5.74, 6) is -1.31. The van der Waals surface area contributed by atoms with Crippen LogP contribution in [-0.4, -0.2) is 26.0 Å². The third-order valence-electron chi connectivity index (χ3n) is 2.85. The third-order valence-corrected chi connectivity index (χ3v) is 3.94. The van der Waals surface area contributed by atoms with Gasteiger partial charge in [0.05, 0.1) is 25.5 Å². The normalized spacial score (nSPS) is 10.2. The SMILES string of the molecule is COC(=O)Cc1ccc(C(=O)c2c(F)cccc2OC)s1. The van der Waals surface area contributed by atoms with E-state index in [1.165, 1.54) is 32.4 Å². The van der Waals surface area contributed by atoms with E-state index < -0.39 is 11.6 Å². The maximum Gasteiger partial charge on any atom is 0.310 e. The molecule has 4 nitrogen and oxygen atoms in total. The first kappa shape index (κ1) is 15.2. The van der Waals surface area contributed by atoms with E-state index >= 15 is 0 Å². The number of esters is 1. The van der Waals surface area contributed by atoms with Crippen LogP contribution in [0.25, 0.3) is 0 Å². The Morgan fingerprint density at radius 3 is 2.62 bits per heavy atom. The molecule has 0 spiro atoms. The van der Waals surface area contributed by atoms with Gasteiger partial charge in [-0.25, -0.2) is 4.39 Å². The first-order valence-electron chi connectivity index (χ1n) is 6.09. The predicted octanol–water partition coefficient (Wildman–Crippen LogP) is 2.84. The molecule has 0 aliphatic heterocycles. The van der Waals surface area contributed by atoms with Gasteiger partial charge in [-0.05, 0) is 24.3 Å². The summed E-state index contributed by atoms with van der Waals surface area (Å²) in [5.41, 5.74) is -0.105. The first-order chi connectivity index (χ1) is 10.1. The van der Waals surface area contributed by atoms with E-state index in [0.717, 1.165) is 11.3 Å². The fourth-order valence-electron chi connectivity index (χ4n) is 1.83. The number of rotatable bonds is 5. The Hall–Kier alpha value is -2.21. The number of hydrogen-bond acceptors (Lipinski definition) is 5. The van der Waals surface area contributed by atoms with Crippen LogP contribution < -0.4 is 4.74 Å². The van der Waals surface area contributed by atoms with Gasteiger partial charge in [0.2, 0.25) is 5.78 Å². The molecular formula is C15H13FO4S. The van der Waals surface area contributed by atoms with E-state index in [1.807, 2.05) is 0 Å². The maximum absolute atomic E-state index is 13.9. The fraction of sp³-hybridized carbons (Fsp3) is 0.200. The lowest BCUT2D eigenvalue weighted by molar-refractivity contribution is -0.139. The number of halogens is 1. The second-order valence-corrected chi connectivity index (χ2v) is 5.33. The molecule has 1 aromatic heterocycles. The summed E-state index contributed by atoms with van der Waals surface area (Å²) < 4.78 is 23.5. The molecule has 0 aliphatic carbocycles. The number of carbonyl (C=O) groups excluding carboxylic acids is 2. The summed E-state index contributed by atoms with van der Waals surface area (Å²) in [4.78, 5) is 24.6. The van der Waals surface area contributed by atoms with Crippen LogP contribution in [0.4, 0.5) is 4.39 Å². The predicted molar refractivity (Wildman–Crippen MR) is 76.4 cm³/mol. The minimum Gasteiger partial charge on any atom is -0.496 e. The van der Waals surface area contributed by atoms with E-state index in [1.54, 1.807) is 12.1 Å². The molecule has 1 heterocycles. The van der Waals surface area contributed by atoms with Crippen molar-refractivity contribution in [1.82, 2.24) is 0 Å². The average molecular weight is 308 g/mol. The smallest absolute Gasteiger partial charge is 0.310 e. The first-order valence-corrected chi connectivity index (χ1v) is 6.91. The Balaban J connectivity index is 2.31. The molecule has 0 aliphatic rings. The molecule has 6 heteroatoms. The molecule has 21 heavy (non-hydrogen) atoms. The number of benzene rings is 1. The number of carbonyl (C=O) groups is 2. The van der Waals surface area contributed by atoms with Crippen LogP contribution in [0.5, 0.6) is 5.75 Å². The van der Waals surface area contributed by atoms with Crippen LogP contribution in [0, 0.1) is 5.82 Å². The van der Waals surface area contributed by atoms with E-state index in [-0.39, 0.29) is 23.7 Å². The van der Waals surface area contributed by atoms with Crippen LogP contribution >= 0.6 is 11.3 Å². The molecule has 0 amide bonds. The Kier molecular flexibility index (Phi) is 4.70. The van der Waals surface area contributed by atoms with Crippen molar-refractivity contribution in [1.29, 1.82) is 0 Å². The van der Waals surface area contributed by atoms with E-state index in [0.29, 0.717) is 9.75 Å². The molecule has 0 unspecified atom stereocenters. The number of hydrogen-bond donors (Lipinski definition) is 0. The lowest BCUT2D eigenvalue weighted by Crippen LogP contribution is -2.05. The number of thiophene rings is 1. The molecular weight excluding hydrogens is 295 g/mol. The summed E-state index contributed by atoms with van der Waals surface area (Å²) in [5, 5.41) is 0. The third kappa shape index (κ3) is 3.28. The molecule has 110 valence electrons. The highest BCUT2D eigenvalue weighted by atomic mass is 32.1. The standard InChI is InChI=1S/C15H13FO4S/c1-19-11-5-3-4-10(16)14(11)15(18)12-7-6-9(21-12)8-13(17)20-2/h3-7H,8H2,1-2H3. The number of methoxy groups -OCH3 is 2. The van der Waals surface area contributed by atoms with Gasteiger partial charge in [0.25, 0.3) is 0 Å². The zero-order valence-corrected chi connectivity index (χ0v) is 12.3. The zero-order chi connectivity index (χ0) is 15.4. The molecule has 1 aromatic carbocycles. The highest BCUT2D eigenvalue weighted by Gasteiger charge is 2.21. The van der Waals surface area contributed by atoms with Gasteiger partial charge in [-0.3, -0.25) is 9.59 Å². The molecule has 0 bridgehead atoms. The van der Waals surface area contributed by atoms with Crippen molar-refractivity contribution < 1.29 is 23.5 Å². The van der Waals surface area contributed by atoms with Crippen LogP contribution in [0.3, 0.4) is 0 Å². The van der Waals surface area contributed by atoms with Crippen LogP contribution in [0.1, 0.15) is 20.1 Å². The van der Waals surface area contributed by atoms with Crippen molar-refractivity contribution in [3.8, 4) is 5.75 Å². The average Bonchev–Trinajstić information content (AvgIpc) is 2.94. The second kappa shape index (κ2) is 6.49. The molecule has 0 radical (unpaired) electrons. The van der Waals surface area contributed by atoms with Gasteiger partial charge in [-0.15, -0.1) is 11.3 Å². The van der Waals surface area contributed by atoms with Gasteiger partial charge in [-0.1, -0.05) is 6.07 Å². The summed E-state index contributed by atoms with van der Waals surface area (Å²) in [6.45, 7) is 0. The molecule has 0 saturated carbocycles. The molecule has 2 rings (SSSR count). The van der Waals surface area contributed by atoms with Crippen molar-refractivity contribution in [3.05, 3.63) is 51.5 Å². The van der Waals surface area contributed by atoms with E-state index in [4.69, 9.17) is 4.74 Å². The van der Waals surface area contributed by atoms with Crippen molar-refractivity contribution in [2.45, 2.75) is 6.42 Å². The Bertz CT molecular complexity index is 678. The van der Waals surface area contributed by atoms with Crippen LogP contribution in [0.2, 0.25) is 0 Å².